The minimum Gasteiger partial charge on any atom is -0.478 e. The monoisotopic (exact) mass is 580 g/mol. The number of fused-ring (bicyclic) bond motifs is 2. The fraction of sp³-hybridized carbons (Fsp3) is 0.273. The van der Waals surface area contributed by atoms with E-state index in [0.29, 0.717) is 19.4 Å². The lowest BCUT2D eigenvalue weighted by molar-refractivity contribution is -0.117. The number of rotatable bonds is 7. The Hall–Kier alpha value is -3.54. The third-order valence-electron chi connectivity index (χ3n) is 5.67. The molecule has 0 aliphatic carbocycles. The van der Waals surface area contributed by atoms with E-state index in [-0.39, 0.29) is 29.5 Å². The number of hydrogen-bond donors (Lipinski definition) is 1. The molecule has 40 heavy (non-hydrogen) atoms. The molecule has 0 spiro atoms. The van der Waals surface area contributed by atoms with Crippen molar-refractivity contribution in [3.63, 3.8) is 0 Å². The molecule has 1 amide bonds. The lowest BCUT2D eigenvalue weighted by Crippen LogP contribution is -2.04. The van der Waals surface area contributed by atoms with Crippen molar-refractivity contribution in [1.82, 2.24) is 0 Å². The largest absolute Gasteiger partial charge is 0.478 e. The van der Waals surface area contributed by atoms with Gasteiger partial charge in [-0.1, -0.05) is 80.6 Å². The van der Waals surface area contributed by atoms with Gasteiger partial charge in [-0.25, -0.2) is 4.99 Å². The second kappa shape index (κ2) is 18.7. The van der Waals surface area contributed by atoms with Crippen LogP contribution in [0.1, 0.15) is 64.5 Å². The fourth-order valence-electron chi connectivity index (χ4n) is 3.69. The summed E-state index contributed by atoms with van der Waals surface area (Å²) in [5.74, 6) is 0.200. The molecule has 212 valence electrons. The molecule has 0 aromatic heterocycles. The van der Waals surface area contributed by atoms with E-state index in [2.05, 4.69) is 35.3 Å². The van der Waals surface area contributed by atoms with Crippen LogP contribution in [0, 0.1) is 5.41 Å². The Kier molecular flexibility index (Phi) is 16.1. The molecule has 1 N–H and O–H groups in total. The average molecular weight is 582 g/mol. The quantitative estimate of drug-likeness (QED) is 0.134. The molecule has 4 aromatic carbocycles. The molecule has 4 rings (SSSR count). The second-order valence-corrected chi connectivity index (χ2v) is 9.25. The number of carbonyl (C=O) groups excluding carboxylic acids is 2. The highest BCUT2D eigenvalue weighted by Gasteiger charge is 2.03. The highest BCUT2D eigenvalue weighted by Crippen LogP contribution is 2.17. The predicted octanol–water partition coefficient (Wildman–Crippen LogP) is 9.15. The molecular weight excluding hydrogens is 543 g/mol. The summed E-state index contributed by atoms with van der Waals surface area (Å²) in [6, 6.07) is 28.4. The van der Waals surface area contributed by atoms with Crippen molar-refractivity contribution in [2.45, 2.75) is 53.4 Å². The van der Waals surface area contributed by atoms with Crippen LogP contribution in [0.25, 0.3) is 21.5 Å². The molecule has 0 bridgehead atoms. The standard InChI is InChI=1S/C16H17NO.C13H13NO.C4H7ClO.ClH/c1-3-6-16(18)17-12(2)14-10-9-13-7-4-5-8-15(13)11-14;1-2-15-13(14)12-8-7-10-5-3-4-6-11(10)9-12;1-2-3-4(5)6;/h4-5,7-11H,3,6H2,1-2H3;3-9,14H,2H2,1H3;2-3H2,1H3;1H. The van der Waals surface area contributed by atoms with E-state index in [4.69, 9.17) is 21.7 Å². The molecule has 0 saturated carbocycles. The molecule has 0 heterocycles. The number of nitrogens with one attached hydrogen (secondary N) is 1. The summed E-state index contributed by atoms with van der Waals surface area (Å²) >= 11 is 4.94. The van der Waals surface area contributed by atoms with Gasteiger partial charge in [-0.15, -0.1) is 12.4 Å². The van der Waals surface area contributed by atoms with E-state index in [0.717, 1.165) is 35.1 Å². The Morgan fingerprint density at radius 2 is 1.23 bits per heavy atom. The molecule has 0 atom stereocenters. The van der Waals surface area contributed by atoms with Gasteiger partial charge >= 0.3 is 0 Å². The van der Waals surface area contributed by atoms with E-state index in [1.165, 1.54) is 16.2 Å². The Balaban J connectivity index is 0.000000330. The lowest BCUT2D eigenvalue weighted by atomic mass is 10.0. The maximum atomic E-state index is 11.5. The van der Waals surface area contributed by atoms with E-state index in [9.17, 15) is 9.59 Å². The van der Waals surface area contributed by atoms with Gasteiger partial charge in [0, 0.05) is 24.1 Å². The minimum atomic E-state index is -0.238. The lowest BCUT2D eigenvalue weighted by Gasteiger charge is -2.05. The number of hydrogen-bond acceptors (Lipinski definition) is 4. The summed E-state index contributed by atoms with van der Waals surface area (Å²) in [6.07, 6.45) is 2.71. The van der Waals surface area contributed by atoms with Crippen LogP contribution in [0.15, 0.2) is 89.9 Å². The molecule has 0 saturated heterocycles. The fourth-order valence-corrected chi connectivity index (χ4v) is 3.88. The predicted molar refractivity (Wildman–Crippen MR) is 171 cm³/mol. The van der Waals surface area contributed by atoms with Crippen molar-refractivity contribution >= 4 is 68.3 Å². The Labute approximate surface area is 248 Å². The van der Waals surface area contributed by atoms with E-state index < -0.39 is 0 Å². The van der Waals surface area contributed by atoms with Crippen LogP contribution in [0.5, 0.6) is 0 Å². The van der Waals surface area contributed by atoms with Crippen LogP contribution in [-0.2, 0) is 14.3 Å². The normalized spacial score (nSPS) is 10.4. The number of ether oxygens (including phenoxy) is 1. The van der Waals surface area contributed by atoms with Crippen LogP contribution in [-0.4, -0.2) is 29.4 Å². The van der Waals surface area contributed by atoms with Crippen molar-refractivity contribution < 1.29 is 14.3 Å². The summed E-state index contributed by atoms with van der Waals surface area (Å²) in [7, 11) is 0. The van der Waals surface area contributed by atoms with Crippen LogP contribution in [0.4, 0.5) is 0 Å². The van der Waals surface area contributed by atoms with Gasteiger partial charge in [0.2, 0.25) is 17.0 Å². The number of carbonyl (C=O) groups is 2. The van der Waals surface area contributed by atoms with Gasteiger partial charge in [-0.05, 0) is 83.6 Å². The van der Waals surface area contributed by atoms with Gasteiger partial charge in [0.05, 0.1) is 6.61 Å². The van der Waals surface area contributed by atoms with Gasteiger partial charge in [0.25, 0.3) is 0 Å². The second-order valence-electron chi connectivity index (χ2n) is 8.83. The van der Waals surface area contributed by atoms with Gasteiger partial charge in [-0.2, -0.15) is 0 Å². The number of nitrogens with zero attached hydrogens (tertiary/aromatic N) is 1. The summed E-state index contributed by atoms with van der Waals surface area (Å²) in [4.78, 5) is 25.4. The Morgan fingerprint density at radius 3 is 1.68 bits per heavy atom. The topological polar surface area (TPSA) is 79.6 Å². The van der Waals surface area contributed by atoms with E-state index in [1.807, 2.05) is 82.3 Å². The zero-order chi connectivity index (χ0) is 28.6. The van der Waals surface area contributed by atoms with Gasteiger partial charge in [-0.3, -0.25) is 15.0 Å². The molecular formula is C33H38Cl2N2O3. The molecule has 4 aromatic rings. The Bertz CT molecular complexity index is 1430. The number of halogens is 2. The van der Waals surface area contributed by atoms with Crippen LogP contribution in [0.2, 0.25) is 0 Å². The summed E-state index contributed by atoms with van der Waals surface area (Å²) < 4.78 is 5.16. The van der Waals surface area contributed by atoms with Crippen LogP contribution in [0.3, 0.4) is 0 Å². The SMILES string of the molecule is CCCC(=O)Cl.CCCC(=O)N=C(C)c1ccc2ccccc2c1.CCOC(=N)c1ccc2ccccc2c1.Cl. The van der Waals surface area contributed by atoms with Crippen molar-refractivity contribution in [1.29, 1.82) is 5.41 Å². The van der Waals surface area contributed by atoms with Crippen molar-refractivity contribution in [2.24, 2.45) is 4.99 Å². The van der Waals surface area contributed by atoms with Crippen LogP contribution < -0.4 is 0 Å². The molecule has 0 aliphatic heterocycles. The number of aliphatic imine (C=N–C) groups is 1. The van der Waals surface area contributed by atoms with Gasteiger partial charge < -0.3 is 4.74 Å². The molecule has 0 unspecified atom stereocenters. The highest BCUT2D eigenvalue weighted by molar-refractivity contribution is 6.63. The van der Waals surface area contributed by atoms with Gasteiger partial charge in [0.1, 0.15) is 0 Å². The summed E-state index contributed by atoms with van der Waals surface area (Å²) in [5.41, 5.74) is 2.63. The zero-order valence-corrected chi connectivity index (χ0v) is 25.1. The van der Waals surface area contributed by atoms with Crippen LogP contribution >= 0.6 is 24.0 Å². The van der Waals surface area contributed by atoms with Gasteiger partial charge in [0.15, 0.2) is 0 Å². The maximum absolute atomic E-state index is 11.5. The van der Waals surface area contributed by atoms with Crippen molar-refractivity contribution in [3.05, 3.63) is 96.1 Å². The molecule has 0 fully saturated rings. The number of amides is 1. The smallest absolute Gasteiger partial charge is 0.245 e. The third kappa shape index (κ3) is 11.7. The van der Waals surface area contributed by atoms with E-state index in [1.54, 1.807) is 0 Å². The minimum absolute atomic E-state index is 0. The molecule has 0 radical (unpaired) electrons. The molecule has 0 aliphatic rings. The first kappa shape index (κ1) is 34.5. The van der Waals surface area contributed by atoms with Crippen molar-refractivity contribution in [3.8, 4) is 0 Å². The first-order valence-electron chi connectivity index (χ1n) is 13.2. The van der Waals surface area contributed by atoms with E-state index >= 15 is 0 Å². The molecule has 5 nitrogen and oxygen atoms in total. The third-order valence-corrected chi connectivity index (χ3v) is 5.86. The van der Waals surface area contributed by atoms with Crippen molar-refractivity contribution in [2.75, 3.05) is 6.61 Å². The zero-order valence-electron chi connectivity index (χ0n) is 23.6. The first-order chi connectivity index (χ1) is 18.8. The summed E-state index contributed by atoms with van der Waals surface area (Å²) in [5, 5.41) is 12.1. The highest BCUT2D eigenvalue weighted by atomic mass is 35.5. The maximum Gasteiger partial charge on any atom is 0.245 e. The summed E-state index contributed by atoms with van der Waals surface area (Å²) in [6.45, 7) is 8.21. The number of benzene rings is 4. The average Bonchev–Trinajstić information content (AvgIpc) is 2.93. The Morgan fingerprint density at radius 1 is 0.750 bits per heavy atom. The first-order valence-corrected chi connectivity index (χ1v) is 13.6. The molecule has 7 heteroatoms.